The Bertz CT molecular complexity index is 1100. The molecule has 1 saturated heterocycles. The van der Waals surface area contributed by atoms with Gasteiger partial charge in [-0.2, -0.15) is 0 Å². The Hall–Kier alpha value is -2.85. The number of aromatic nitrogens is 4. The van der Waals surface area contributed by atoms with Crippen molar-refractivity contribution < 1.29 is 9.59 Å². The van der Waals surface area contributed by atoms with Crippen molar-refractivity contribution in [1.29, 1.82) is 0 Å². The van der Waals surface area contributed by atoms with Crippen LogP contribution in [0, 0.1) is 5.92 Å². The number of rotatable bonds is 7. The molecule has 0 bridgehead atoms. The highest BCUT2D eigenvalue weighted by molar-refractivity contribution is 7.99. The fraction of sp³-hybridized carbons (Fsp3) is 0.381. The lowest BCUT2D eigenvalue weighted by atomic mass is 9.94. The predicted molar refractivity (Wildman–Crippen MR) is 124 cm³/mol. The van der Waals surface area contributed by atoms with Gasteiger partial charge in [-0.3, -0.25) is 9.59 Å². The molecule has 1 aromatic rings. The summed E-state index contributed by atoms with van der Waals surface area (Å²) in [6, 6.07) is 5.30. The third-order valence-corrected chi connectivity index (χ3v) is 6.87. The number of nitrogens with one attached hydrogen (secondary N) is 1. The van der Waals surface area contributed by atoms with Gasteiger partial charge in [0.15, 0.2) is 22.5 Å². The number of amides is 2. The Morgan fingerprint density at radius 1 is 1.34 bits per heavy atom. The van der Waals surface area contributed by atoms with Gasteiger partial charge in [0.05, 0.1) is 11.3 Å². The summed E-state index contributed by atoms with van der Waals surface area (Å²) in [7, 11) is 0. The van der Waals surface area contributed by atoms with Crippen LogP contribution >= 0.6 is 23.4 Å². The second-order valence-electron chi connectivity index (χ2n) is 7.80. The monoisotopic (exact) mass is 473 g/mol. The maximum absolute atomic E-state index is 11.2. The summed E-state index contributed by atoms with van der Waals surface area (Å²) in [4.78, 5) is 38.3. The summed E-state index contributed by atoms with van der Waals surface area (Å²) in [5.41, 5.74) is 7.25. The zero-order chi connectivity index (χ0) is 22.7. The first kappa shape index (κ1) is 22.3. The van der Waals surface area contributed by atoms with Gasteiger partial charge in [0.1, 0.15) is 0 Å². The molecule has 1 fully saturated rings. The Morgan fingerprint density at radius 3 is 2.81 bits per heavy atom. The Balaban J connectivity index is 1.49. The quantitative estimate of drug-likeness (QED) is 0.505. The lowest BCUT2D eigenvalue weighted by molar-refractivity contribution is -0.119. The molecule has 0 unspecified atom stereocenters. The zero-order valence-electron chi connectivity index (χ0n) is 17.6. The molecule has 3 N–H and O–H groups in total. The topological polar surface area (TPSA) is 119 Å². The van der Waals surface area contributed by atoms with E-state index in [0.29, 0.717) is 39.1 Å². The van der Waals surface area contributed by atoms with Crippen LogP contribution in [0.2, 0.25) is 5.02 Å². The number of imidazole rings is 1. The van der Waals surface area contributed by atoms with E-state index in [9.17, 15) is 9.59 Å². The van der Waals surface area contributed by atoms with Crippen LogP contribution in [0.4, 0.5) is 11.5 Å². The van der Waals surface area contributed by atoms with E-state index in [1.54, 1.807) is 18.5 Å². The van der Waals surface area contributed by atoms with Gasteiger partial charge in [-0.05, 0) is 55.1 Å². The number of hydrogen-bond donors (Lipinski definition) is 2. The van der Waals surface area contributed by atoms with Gasteiger partial charge in [-0.1, -0.05) is 11.6 Å². The number of carbonyl (C=O) groups is 2. The first-order valence-electron chi connectivity index (χ1n) is 10.4. The van der Waals surface area contributed by atoms with Crippen LogP contribution in [0.5, 0.6) is 0 Å². The lowest BCUT2D eigenvalue weighted by Gasteiger charge is -2.29. The summed E-state index contributed by atoms with van der Waals surface area (Å²) < 4.78 is 1.98. The van der Waals surface area contributed by atoms with Crippen LogP contribution < -0.4 is 11.1 Å². The molecular formula is C21H24ClN7O2S. The lowest BCUT2D eigenvalue weighted by Crippen LogP contribution is -2.32. The van der Waals surface area contributed by atoms with E-state index in [0.717, 1.165) is 50.2 Å². The number of likely N-dealkylation sites (tertiary alicyclic amines) is 1. The van der Waals surface area contributed by atoms with Gasteiger partial charge in [-0.15, -0.1) is 0 Å². The first-order chi connectivity index (χ1) is 15.4. The second-order valence-corrected chi connectivity index (χ2v) is 9.22. The van der Waals surface area contributed by atoms with Crippen molar-refractivity contribution >= 4 is 47.2 Å². The van der Waals surface area contributed by atoms with Gasteiger partial charge >= 0.3 is 0 Å². The number of anilines is 2. The number of halogens is 1. The summed E-state index contributed by atoms with van der Waals surface area (Å²) in [5, 5.41) is 3.73. The van der Waals surface area contributed by atoms with Crippen LogP contribution in [0.25, 0.3) is 11.5 Å². The van der Waals surface area contributed by atoms with Gasteiger partial charge < -0.3 is 20.5 Å². The van der Waals surface area contributed by atoms with E-state index in [-0.39, 0.29) is 5.91 Å². The number of nitrogens with two attached hydrogens (primary N) is 1. The maximum atomic E-state index is 11.2. The number of piperidine rings is 1. The summed E-state index contributed by atoms with van der Waals surface area (Å²) in [5.74, 6) is 1.43. The molecule has 0 spiro atoms. The molecule has 0 saturated carbocycles. The van der Waals surface area contributed by atoms with Crippen molar-refractivity contribution in [2.45, 2.75) is 42.8 Å². The van der Waals surface area contributed by atoms with Gasteiger partial charge in [-0.25, -0.2) is 15.0 Å². The average Bonchev–Trinajstić information content (AvgIpc) is 3.20. The summed E-state index contributed by atoms with van der Waals surface area (Å²) in [6.45, 7) is 3.83. The minimum absolute atomic E-state index is 0.158. The smallest absolute Gasteiger partial charge is 0.221 e. The molecule has 0 aliphatic carbocycles. The Morgan fingerprint density at radius 2 is 2.12 bits per heavy atom. The van der Waals surface area contributed by atoms with Crippen LogP contribution in [0.3, 0.4) is 0 Å². The van der Waals surface area contributed by atoms with Crippen molar-refractivity contribution in [3.63, 3.8) is 0 Å². The molecule has 0 aromatic heterocycles. The van der Waals surface area contributed by atoms with Crippen molar-refractivity contribution in [2.24, 2.45) is 5.92 Å². The highest BCUT2D eigenvalue weighted by Crippen LogP contribution is 2.36. The first-order valence-corrected chi connectivity index (χ1v) is 11.5. The Labute approximate surface area is 195 Å². The van der Waals surface area contributed by atoms with Gasteiger partial charge in [0.2, 0.25) is 12.3 Å². The molecule has 3 aliphatic heterocycles. The van der Waals surface area contributed by atoms with Crippen LogP contribution in [0.1, 0.15) is 26.2 Å². The Kier molecular flexibility index (Phi) is 6.80. The number of benzene rings is 1. The van der Waals surface area contributed by atoms with Crippen molar-refractivity contribution in [1.82, 2.24) is 24.4 Å². The number of hydrogen-bond acceptors (Lipinski definition) is 7. The molecule has 3 heterocycles. The normalized spacial score (nSPS) is 14.6. The minimum Gasteiger partial charge on any atom is -0.382 e. The summed E-state index contributed by atoms with van der Waals surface area (Å²) in [6.07, 6.45) is 5.62. The summed E-state index contributed by atoms with van der Waals surface area (Å²) >= 11 is 7.72. The minimum atomic E-state index is -0.158. The van der Waals surface area contributed by atoms with E-state index in [2.05, 4.69) is 20.3 Å². The molecule has 168 valence electrons. The number of aryl methyl sites for hydroxylation is 1. The van der Waals surface area contributed by atoms with E-state index >= 15 is 0 Å². The molecule has 1 aromatic carbocycles. The van der Waals surface area contributed by atoms with Crippen LogP contribution in [0.15, 0.2) is 34.6 Å². The van der Waals surface area contributed by atoms with Gasteiger partial charge in [0, 0.05) is 37.1 Å². The SMILES string of the molecule is CC(=O)Nc1ccc(Sc2nc3c(N)ncn(CCC4CCN(C=O)CC4)c-3n2)c(Cl)c1. The van der Waals surface area contributed by atoms with Crippen LogP contribution in [-0.4, -0.2) is 49.8 Å². The highest BCUT2D eigenvalue weighted by Gasteiger charge is 2.22. The highest BCUT2D eigenvalue weighted by atomic mass is 35.5. The second kappa shape index (κ2) is 9.74. The van der Waals surface area contributed by atoms with E-state index in [1.165, 1.54) is 18.7 Å². The van der Waals surface area contributed by atoms with E-state index in [4.69, 9.17) is 17.3 Å². The standard InChI is InChI=1S/C21H24ClN7O2S/c1-13(31)25-15-2-3-17(16(22)10-15)32-21-26-18-19(23)24-11-29(20(18)27-21)9-6-14-4-7-28(12-30)8-5-14/h2-3,10-12,14H,4-9,23H2,1H3,(H,25,31). The fourth-order valence-corrected chi connectivity index (χ4v) is 4.83. The number of fused-ring (bicyclic) bond motifs is 1. The van der Waals surface area contributed by atoms with E-state index in [1.807, 2.05) is 15.5 Å². The fourth-order valence-electron chi connectivity index (χ4n) is 3.77. The third-order valence-electron chi connectivity index (χ3n) is 5.50. The van der Waals surface area contributed by atoms with Crippen LogP contribution in [-0.2, 0) is 16.1 Å². The third kappa shape index (κ3) is 5.13. The molecule has 9 nitrogen and oxygen atoms in total. The molecule has 0 radical (unpaired) electrons. The van der Waals surface area contributed by atoms with Crippen molar-refractivity contribution in [3.05, 3.63) is 29.5 Å². The molecule has 32 heavy (non-hydrogen) atoms. The number of nitrogen functional groups attached to an aromatic ring is 1. The van der Waals surface area contributed by atoms with E-state index < -0.39 is 0 Å². The molecule has 4 rings (SSSR count). The molecule has 0 atom stereocenters. The predicted octanol–water partition coefficient (Wildman–Crippen LogP) is 3.38. The van der Waals surface area contributed by atoms with Crippen molar-refractivity contribution in [3.8, 4) is 11.5 Å². The zero-order valence-corrected chi connectivity index (χ0v) is 19.2. The largest absolute Gasteiger partial charge is 0.382 e. The molecule has 11 heteroatoms. The number of carbonyl (C=O) groups excluding carboxylic acids is 2. The molecule has 2 amide bonds. The van der Waals surface area contributed by atoms with Gasteiger partial charge in [0.25, 0.3) is 0 Å². The number of nitrogens with zero attached hydrogens (tertiary/aromatic N) is 5. The van der Waals surface area contributed by atoms with Crippen molar-refractivity contribution in [2.75, 3.05) is 24.1 Å². The molecular weight excluding hydrogens is 450 g/mol. The maximum Gasteiger partial charge on any atom is 0.221 e. The average molecular weight is 474 g/mol. The molecule has 3 aliphatic rings.